The zero-order valence-corrected chi connectivity index (χ0v) is 15.2. The van der Waals surface area contributed by atoms with Crippen LogP contribution in [-0.2, 0) is 6.54 Å². The molecule has 136 valence electrons. The molecule has 9 heteroatoms. The van der Waals surface area contributed by atoms with Crippen molar-refractivity contribution in [2.24, 2.45) is 0 Å². The van der Waals surface area contributed by atoms with Crippen LogP contribution in [0.1, 0.15) is 15.4 Å². The molecule has 0 spiro atoms. The average Bonchev–Trinajstić information content (AvgIpc) is 3.24. The molecule has 5 nitrogen and oxygen atoms in total. The second kappa shape index (κ2) is 7.05. The van der Waals surface area contributed by atoms with Gasteiger partial charge in [0.25, 0.3) is 5.91 Å². The Kier molecular flexibility index (Phi) is 4.59. The molecule has 0 aliphatic rings. The second-order valence-corrected chi connectivity index (χ2v) is 7.25. The molecule has 3 heterocycles. The van der Waals surface area contributed by atoms with Crippen molar-refractivity contribution in [2.75, 3.05) is 0 Å². The molecule has 27 heavy (non-hydrogen) atoms. The summed E-state index contributed by atoms with van der Waals surface area (Å²) in [6.07, 6.45) is 3.43. The molecule has 0 atom stereocenters. The zero-order valence-electron chi connectivity index (χ0n) is 13.6. The third-order valence-corrected chi connectivity index (χ3v) is 5.17. The normalized spacial score (nSPS) is 11.1. The number of rotatable bonds is 4. The summed E-state index contributed by atoms with van der Waals surface area (Å²) in [5.74, 6) is -1.89. The minimum absolute atomic E-state index is 0.0891. The van der Waals surface area contributed by atoms with Gasteiger partial charge in [-0.1, -0.05) is 35.1 Å². The van der Waals surface area contributed by atoms with Gasteiger partial charge in [0.15, 0.2) is 5.01 Å². The number of hydrogen-bond donors (Lipinski definition) is 1. The number of hydrogen-bond acceptors (Lipinski definition) is 4. The van der Waals surface area contributed by atoms with Crippen molar-refractivity contribution in [3.05, 3.63) is 75.3 Å². The number of thiazole rings is 1. The number of halogens is 3. The molecule has 1 N–H and O–H groups in total. The Balaban J connectivity index is 1.56. The van der Waals surface area contributed by atoms with E-state index in [9.17, 15) is 13.6 Å². The van der Waals surface area contributed by atoms with Crippen LogP contribution in [0.2, 0.25) is 4.34 Å². The zero-order chi connectivity index (χ0) is 19.0. The molecule has 0 fully saturated rings. The molecule has 3 aromatic heterocycles. The lowest BCUT2D eigenvalue weighted by molar-refractivity contribution is 0.0950. The van der Waals surface area contributed by atoms with E-state index in [1.54, 1.807) is 16.9 Å². The van der Waals surface area contributed by atoms with Crippen molar-refractivity contribution in [1.82, 2.24) is 19.9 Å². The van der Waals surface area contributed by atoms with Crippen LogP contribution < -0.4 is 5.32 Å². The van der Waals surface area contributed by atoms with E-state index in [2.05, 4.69) is 15.4 Å². The predicted octanol–water partition coefficient (Wildman–Crippen LogP) is 4.32. The van der Waals surface area contributed by atoms with E-state index in [0.717, 1.165) is 29.0 Å². The third kappa shape index (κ3) is 3.41. The van der Waals surface area contributed by atoms with E-state index < -0.39 is 17.5 Å². The molecule has 0 saturated carbocycles. The molecule has 0 radical (unpaired) electrons. The fourth-order valence-corrected chi connectivity index (χ4v) is 3.69. The molecule has 4 rings (SSSR count). The van der Waals surface area contributed by atoms with E-state index in [-0.39, 0.29) is 17.1 Å². The number of aromatic nitrogens is 3. The summed E-state index contributed by atoms with van der Waals surface area (Å²) in [5.41, 5.74) is 2.15. The first-order valence-electron chi connectivity index (χ1n) is 7.84. The van der Waals surface area contributed by atoms with Gasteiger partial charge in [-0.2, -0.15) is 5.10 Å². The Bertz CT molecular complexity index is 1160. The maximum Gasteiger partial charge on any atom is 0.280 e. The van der Waals surface area contributed by atoms with Gasteiger partial charge < -0.3 is 5.32 Å². The van der Waals surface area contributed by atoms with Crippen LogP contribution in [0.4, 0.5) is 8.78 Å². The van der Waals surface area contributed by atoms with E-state index in [1.807, 2.05) is 18.2 Å². The lowest BCUT2D eigenvalue weighted by atomic mass is 10.2. The Morgan fingerprint density at radius 1 is 1.26 bits per heavy atom. The van der Waals surface area contributed by atoms with Gasteiger partial charge in [-0.25, -0.2) is 18.3 Å². The highest BCUT2D eigenvalue weighted by atomic mass is 35.5. The number of benzene rings is 1. The van der Waals surface area contributed by atoms with Crippen LogP contribution >= 0.6 is 22.9 Å². The van der Waals surface area contributed by atoms with Gasteiger partial charge in [0.1, 0.15) is 21.7 Å². The molecule has 1 amide bonds. The van der Waals surface area contributed by atoms with Crippen molar-refractivity contribution in [1.29, 1.82) is 0 Å². The number of nitrogens with zero attached hydrogens (tertiary/aromatic N) is 3. The Labute approximate surface area is 161 Å². The highest BCUT2D eigenvalue weighted by molar-refractivity contribution is 7.18. The Hall–Kier alpha value is -2.84. The first-order chi connectivity index (χ1) is 13.0. The van der Waals surface area contributed by atoms with Gasteiger partial charge >= 0.3 is 0 Å². The lowest BCUT2D eigenvalue weighted by Gasteiger charge is -2.04. The molecular formula is C18H11ClF2N4OS. The molecule has 0 aliphatic carbocycles. The van der Waals surface area contributed by atoms with E-state index in [1.165, 1.54) is 6.07 Å². The largest absolute Gasteiger partial charge is 0.346 e. The number of carbonyl (C=O) groups excluding carboxylic acids is 1. The number of pyridine rings is 1. The molecule has 0 saturated heterocycles. The summed E-state index contributed by atoms with van der Waals surface area (Å²) in [5, 5.41) is 6.94. The quantitative estimate of drug-likeness (QED) is 0.551. The summed E-state index contributed by atoms with van der Waals surface area (Å²) >= 11 is 7.30. The van der Waals surface area contributed by atoms with Gasteiger partial charge in [0, 0.05) is 29.9 Å². The Morgan fingerprint density at radius 2 is 2.11 bits per heavy atom. The number of fused-ring (bicyclic) bond motifs is 1. The average molecular weight is 405 g/mol. The van der Waals surface area contributed by atoms with Crippen molar-refractivity contribution >= 4 is 34.4 Å². The van der Waals surface area contributed by atoms with Crippen LogP contribution in [0, 0.1) is 11.6 Å². The summed E-state index contributed by atoms with van der Waals surface area (Å²) in [6.45, 7) is -0.0891. The molecule has 0 aliphatic heterocycles. The summed E-state index contributed by atoms with van der Waals surface area (Å²) < 4.78 is 28.7. The van der Waals surface area contributed by atoms with E-state index in [0.29, 0.717) is 15.6 Å². The van der Waals surface area contributed by atoms with Crippen LogP contribution in [0.25, 0.3) is 16.8 Å². The monoisotopic (exact) mass is 404 g/mol. The SMILES string of the molecule is O=C(NCc1ccc(F)cc1F)c1nc(-c2cnn3ccccc23)c(Cl)s1. The maximum atomic E-state index is 13.7. The summed E-state index contributed by atoms with van der Waals surface area (Å²) in [7, 11) is 0. The van der Waals surface area contributed by atoms with Crippen LogP contribution in [-0.4, -0.2) is 20.5 Å². The molecule has 4 aromatic rings. The minimum Gasteiger partial charge on any atom is -0.346 e. The van der Waals surface area contributed by atoms with E-state index >= 15 is 0 Å². The van der Waals surface area contributed by atoms with Gasteiger partial charge in [-0.3, -0.25) is 4.79 Å². The van der Waals surface area contributed by atoms with Crippen molar-refractivity contribution in [3.8, 4) is 11.3 Å². The molecule has 1 aromatic carbocycles. The topological polar surface area (TPSA) is 59.3 Å². The second-order valence-electron chi connectivity index (χ2n) is 5.65. The highest BCUT2D eigenvalue weighted by Gasteiger charge is 2.19. The van der Waals surface area contributed by atoms with Crippen molar-refractivity contribution in [2.45, 2.75) is 6.54 Å². The first-order valence-corrected chi connectivity index (χ1v) is 9.03. The molecular weight excluding hydrogens is 394 g/mol. The minimum atomic E-state index is -0.723. The molecule has 0 bridgehead atoms. The fraction of sp³-hybridized carbons (Fsp3) is 0.0556. The van der Waals surface area contributed by atoms with Gasteiger partial charge in [0.05, 0.1) is 11.7 Å². The van der Waals surface area contributed by atoms with Gasteiger partial charge in [-0.05, 0) is 18.2 Å². The summed E-state index contributed by atoms with van der Waals surface area (Å²) in [4.78, 5) is 16.7. The van der Waals surface area contributed by atoms with Crippen LogP contribution in [0.3, 0.4) is 0 Å². The number of nitrogens with one attached hydrogen (secondary N) is 1. The fourth-order valence-electron chi connectivity index (χ4n) is 2.60. The smallest absolute Gasteiger partial charge is 0.280 e. The van der Waals surface area contributed by atoms with Crippen LogP contribution in [0.15, 0.2) is 48.8 Å². The Morgan fingerprint density at radius 3 is 2.93 bits per heavy atom. The van der Waals surface area contributed by atoms with Crippen molar-refractivity contribution < 1.29 is 13.6 Å². The van der Waals surface area contributed by atoms with E-state index in [4.69, 9.17) is 11.6 Å². The van der Waals surface area contributed by atoms with Crippen molar-refractivity contribution in [3.63, 3.8) is 0 Å². The molecule has 0 unspecified atom stereocenters. The number of carbonyl (C=O) groups is 1. The predicted molar refractivity (Wildman–Crippen MR) is 98.8 cm³/mol. The standard InChI is InChI=1S/C18H11ClF2N4OS/c19-16-15(12-9-23-25-6-2-1-3-14(12)25)24-18(27-16)17(26)22-8-10-4-5-11(20)7-13(10)21/h1-7,9H,8H2,(H,22,26). The number of amides is 1. The lowest BCUT2D eigenvalue weighted by Crippen LogP contribution is -2.23. The summed E-state index contributed by atoms with van der Waals surface area (Å²) in [6, 6.07) is 8.77. The maximum absolute atomic E-state index is 13.7. The van der Waals surface area contributed by atoms with Gasteiger partial charge in [0.2, 0.25) is 0 Å². The highest BCUT2D eigenvalue weighted by Crippen LogP contribution is 2.34. The van der Waals surface area contributed by atoms with Gasteiger partial charge in [-0.15, -0.1) is 0 Å². The first kappa shape index (κ1) is 17.6. The third-order valence-electron chi connectivity index (χ3n) is 3.92. The van der Waals surface area contributed by atoms with Crippen LogP contribution in [0.5, 0.6) is 0 Å².